The normalized spacial score (nSPS) is 13.4. The number of aromatic nitrogens is 4. The first-order chi connectivity index (χ1) is 6.74. The van der Waals surface area contributed by atoms with E-state index in [2.05, 4.69) is 29.0 Å². The van der Waals surface area contributed by atoms with Crippen molar-refractivity contribution in [1.29, 1.82) is 0 Å². The minimum Gasteiger partial charge on any atom is -0.311 e. The van der Waals surface area contributed by atoms with Gasteiger partial charge in [0.1, 0.15) is 5.52 Å². The maximum absolute atomic E-state index is 5.94. The van der Waals surface area contributed by atoms with Crippen LogP contribution >= 0.6 is 11.6 Å². The van der Waals surface area contributed by atoms with Gasteiger partial charge in [0.25, 0.3) is 0 Å². The summed E-state index contributed by atoms with van der Waals surface area (Å²) in [6.45, 7) is 4.23. The Morgan fingerprint density at radius 1 is 1.57 bits per heavy atom. The summed E-state index contributed by atoms with van der Waals surface area (Å²) >= 11 is 5.94. The van der Waals surface area contributed by atoms with E-state index >= 15 is 0 Å². The monoisotopic (exact) mass is 210 g/mol. The molecule has 2 rings (SSSR count). The van der Waals surface area contributed by atoms with E-state index in [1.165, 1.54) is 6.20 Å². The molecule has 74 valence electrons. The van der Waals surface area contributed by atoms with Crippen molar-refractivity contribution in [2.45, 2.75) is 26.3 Å². The maximum atomic E-state index is 5.94. The molecule has 0 radical (unpaired) electrons. The van der Waals surface area contributed by atoms with Crippen LogP contribution in [0.4, 0.5) is 0 Å². The van der Waals surface area contributed by atoms with Crippen LogP contribution in [0.5, 0.6) is 0 Å². The number of imidazole rings is 1. The van der Waals surface area contributed by atoms with Crippen molar-refractivity contribution in [1.82, 2.24) is 19.7 Å². The molecule has 0 saturated heterocycles. The molecule has 14 heavy (non-hydrogen) atoms. The molecule has 0 aliphatic carbocycles. The van der Waals surface area contributed by atoms with Crippen molar-refractivity contribution in [3.8, 4) is 0 Å². The lowest BCUT2D eigenvalue weighted by Crippen LogP contribution is -2.03. The van der Waals surface area contributed by atoms with Gasteiger partial charge in [-0.25, -0.2) is 4.98 Å². The minimum atomic E-state index is 0.368. The van der Waals surface area contributed by atoms with Crippen molar-refractivity contribution in [3.05, 3.63) is 17.5 Å². The lowest BCUT2D eigenvalue weighted by atomic mass is 10.2. The SMILES string of the molecule is CCC(C)n1cnc2c(Cl)cnnc21. The van der Waals surface area contributed by atoms with Crippen LogP contribution in [-0.2, 0) is 0 Å². The van der Waals surface area contributed by atoms with Gasteiger partial charge >= 0.3 is 0 Å². The van der Waals surface area contributed by atoms with Crippen molar-refractivity contribution in [3.63, 3.8) is 0 Å². The highest BCUT2D eigenvalue weighted by Crippen LogP contribution is 2.22. The average molecular weight is 211 g/mol. The van der Waals surface area contributed by atoms with Crippen molar-refractivity contribution in [2.75, 3.05) is 0 Å². The fourth-order valence-corrected chi connectivity index (χ4v) is 1.51. The van der Waals surface area contributed by atoms with Crippen LogP contribution in [0.3, 0.4) is 0 Å². The molecule has 0 aromatic carbocycles. The van der Waals surface area contributed by atoms with Gasteiger partial charge in [-0.1, -0.05) is 18.5 Å². The van der Waals surface area contributed by atoms with E-state index in [-0.39, 0.29) is 0 Å². The molecule has 5 heteroatoms. The molecule has 0 aliphatic heterocycles. The summed E-state index contributed by atoms with van der Waals surface area (Å²) in [5.74, 6) is 0. The number of rotatable bonds is 2. The molecular formula is C9H11ClN4. The standard InChI is InChI=1S/C9H11ClN4/c1-3-6(2)14-5-11-8-7(10)4-12-13-9(8)14/h4-6H,3H2,1-2H3. The Kier molecular flexibility index (Phi) is 2.37. The molecule has 2 aromatic heterocycles. The molecule has 0 aliphatic rings. The predicted octanol–water partition coefficient (Wildman–Crippen LogP) is 2.45. The van der Waals surface area contributed by atoms with Gasteiger partial charge in [0.05, 0.1) is 17.5 Å². The Morgan fingerprint density at radius 3 is 3.07 bits per heavy atom. The number of hydrogen-bond donors (Lipinski definition) is 0. The van der Waals surface area contributed by atoms with Crippen LogP contribution in [0, 0.1) is 0 Å². The van der Waals surface area contributed by atoms with Gasteiger partial charge in [0, 0.05) is 6.04 Å². The van der Waals surface area contributed by atoms with Crippen LogP contribution in [0.15, 0.2) is 12.5 Å². The molecule has 0 saturated carbocycles. The Morgan fingerprint density at radius 2 is 2.36 bits per heavy atom. The second kappa shape index (κ2) is 3.53. The summed E-state index contributed by atoms with van der Waals surface area (Å²) in [4.78, 5) is 4.22. The Bertz CT molecular complexity index is 451. The summed E-state index contributed by atoms with van der Waals surface area (Å²) in [7, 11) is 0. The van der Waals surface area contributed by atoms with Crippen molar-refractivity contribution < 1.29 is 0 Å². The van der Waals surface area contributed by atoms with E-state index in [1.807, 2.05) is 4.57 Å². The summed E-state index contributed by atoms with van der Waals surface area (Å²) in [6.07, 6.45) is 4.30. The topological polar surface area (TPSA) is 43.6 Å². The van der Waals surface area contributed by atoms with Gasteiger partial charge in [-0.05, 0) is 13.3 Å². The summed E-state index contributed by atoms with van der Waals surface area (Å²) in [5, 5.41) is 8.41. The molecule has 0 bridgehead atoms. The second-order valence-electron chi connectivity index (χ2n) is 3.27. The highest BCUT2D eigenvalue weighted by atomic mass is 35.5. The van der Waals surface area contributed by atoms with Crippen molar-refractivity contribution in [2.24, 2.45) is 0 Å². The highest BCUT2D eigenvalue weighted by molar-refractivity contribution is 6.34. The van der Waals surface area contributed by atoms with Crippen molar-refractivity contribution >= 4 is 22.8 Å². The third kappa shape index (κ3) is 1.35. The molecular weight excluding hydrogens is 200 g/mol. The molecule has 0 amide bonds. The van der Waals surface area contributed by atoms with E-state index in [0.29, 0.717) is 11.1 Å². The van der Waals surface area contributed by atoms with Gasteiger partial charge < -0.3 is 4.57 Å². The van der Waals surface area contributed by atoms with Crippen LogP contribution in [-0.4, -0.2) is 19.7 Å². The average Bonchev–Trinajstić information content (AvgIpc) is 2.62. The maximum Gasteiger partial charge on any atom is 0.184 e. The molecule has 0 spiro atoms. The fourth-order valence-electron chi connectivity index (χ4n) is 1.34. The zero-order valence-corrected chi connectivity index (χ0v) is 8.86. The van der Waals surface area contributed by atoms with Gasteiger partial charge in [-0.15, -0.1) is 5.10 Å². The van der Waals surface area contributed by atoms with E-state index in [9.17, 15) is 0 Å². The zero-order valence-electron chi connectivity index (χ0n) is 8.11. The minimum absolute atomic E-state index is 0.368. The third-order valence-electron chi connectivity index (χ3n) is 2.38. The number of hydrogen-bond acceptors (Lipinski definition) is 3. The van der Waals surface area contributed by atoms with Gasteiger partial charge in [-0.3, -0.25) is 0 Å². The number of nitrogens with zero attached hydrogens (tertiary/aromatic N) is 4. The van der Waals surface area contributed by atoms with Crippen LogP contribution < -0.4 is 0 Å². The highest BCUT2D eigenvalue weighted by Gasteiger charge is 2.11. The smallest absolute Gasteiger partial charge is 0.184 e. The Labute approximate surface area is 86.9 Å². The lowest BCUT2D eigenvalue weighted by molar-refractivity contribution is 0.539. The molecule has 2 aromatic rings. The number of fused-ring (bicyclic) bond motifs is 1. The first-order valence-corrected chi connectivity index (χ1v) is 4.95. The fraction of sp³-hybridized carbons (Fsp3) is 0.444. The van der Waals surface area contributed by atoms with Crippen LogP contribution in [0.25, 0.3) is 11.2 Å². The lowest BCUT2D eigenvalue weighted by Gasteiger charge is -2.09. The Balaban J connectivity index is 2.63. The largest absolute Gasteiger partial charge is 0.311 e. The molecule has 1 unspecified atom stereocenters. The van der Waals surface area contributed by atoms with E-state index in [4.69, 9.17) is 11.6 Å². The predicted molar refractivity (Wildman–Crippen MR) is 55.3 cm³/mol. The van der Waals surface area contributed by atoms with Crippen LogP contribution in [0.1, 0.15) is 26.3 Å². The molecule has 2 heterocycles. The van der Waals surface area contributed by atoms with Crippen LogP contribution in [0.2, 0.25) is 5.02 Å². The van der Waals surface area contributed by atoms with E-state index in [1.54, 1.807) is 6.33 Å². The molecule has 0 fully saturated rings. The molecule has 0 N–H and O–H groups in total. The first-order valence-electron chi connectivity index (χ1n) is 4.57. The van der Waals surface area contributed by atoms with Gasteiger partial charge in [0.15, 0.2) is 5.65 Å². The Hall–Kier alpha value is -1.16. The third-order valence-corrected chi connectivity index (χ3v) is 2.66. The van der Waals surface area contributed by atoms with Gasteiger partial charge in [-0.2, -0.15) is 5.10 Å². The first kappa shape index (κ1) is 9.40. The van der Waals surface area contributed by atoms with E-state index < -0.39 is 0 Å². The quantitative estimate of drug-likeness (QED) is 0.765. The molecule has 4 nitrogen and oxygen atoms in total. The summed E-state index contributed by atoms with van der Waals surface area (Å²) < 4.78 is 1.99. The van der Waals surface area contributed by atoms with Gasteiger partial charge in [0.2, 0.25) is 0 Å². The molecule has 1 atom stereocenters. The second-order valence-corrected chi connectivity index (χ2v) is 3.68. The summed E-state index contributed by atoms with van der Waals surface area (Å²) in [5.41, 5.74) is 1.48. The zero-order chi connectivity index (χ0) is 10.1. The number of halogens is 1. The summed E-state index contributed by atoms with van der Waals surface area (Å²) in [6, 6.07) is 0.368. The van der Waals surface area contributed by atoms with E-state index in [0.717, 1.165) is 17.6 Å².